The number of hydrogen-bond acceptors (Lipinski definition) is 15. The number of carbonyl (C=O) groups excluding carboxylic acids is 2. The molecular formula is C50H57ClN8O8S2. The van der Waals surface area contributed by atoms with E-state index in [0.29, 0.717) is 79.2 Å². The smallest absolute Gasteiger partial charge is 0.247 e. The molecular weight excluding hydrogens is 940 g/mol. The number of para-hydroxylation sites is 3. The van der Waals surface area contributed by atoms with Crippen LogP contribution in [0.3, 0.4) is 0 Å². The molecule has 1 amide bonds. The second-order valence-electron chi connectivity index (χ2n) is 15.5. The molecule has 16 nitrogen and oxygen atoms in total. The van der Waals surface area contributed by atoms with Crippen molar-refractivity contribution in [3.63, 3.8) is 0 Å². The number of benzene rings is 4. The average molecular weight is 998 g/mol. The van der Waals surface area contributed by atoms with E-state index in [1.165, 1.54) is 24.7 Å². The topological polar surface area (TPSA) is 235 Å². The van der Waals surface area contributed by atoms with Gasteiger partial charge in [0.15, 0.2) is 5.78 Å². The zero-order valence-electron chi connectivity index (χ0n) is 38.9. The molecule has 0 aliphatic rings. The molecule has 0 aliphatic heterocycles. The summed E-state index contributed by atoms with van der Waals surface area (Å²) in [6.45, 7) is 11.4. The number of sulfone groups is 2. The number of anilines is 6. The summed E-state index contributed by atoms with van der Waals surface area (Å²) in [5.41, 5.74) is 12.1. The van der Waals surface area contributed by atoms with Gasteiger partial charge in [-0.25, -0.2) is 36.8 Å². The summed E-state index contributed by atoms with van der Waals surface area (Å²) in [7, 11) is -5.91. The Hall–Kier alpha value is -7.15. The van der Waals surface area contributed by atoms with Gasteiger partial charge in [0, 0.05) is 71.5 Å². The number of ether oxygens (including phenoxy) is 2. The van der Waals surface area contributed by atoms with Crippen molar-refractivity contribution in [2.24, 2.45) is 0 Å². The highest BCUT2D eigenvalue weighted by Crippen LogP contribution is 2.25. The van der Waals surface area contributed by atoms with Gasteiger partial charge in [0.1, 0.15) is 48.6 Å². The molecule has 6 rings (SSSR count). The Morgan fingerprint density at radius 2 is 1.25 bits per heavy atom. The van der Waals surface area contributed by atoms with E-state index in [0.717, 1.165) is 33.6 Å². The maximum Gasteiger partial charge on any atom is 0.247 e. The van der Waals surface area contributed by atoms with Gasteiger partial charge in [-0.05, 0) is 105 Å². The molecule has 0 atom stereocenters. The lowest BCUT2D eigenvalue weighted by atomic mass is 10.1. The Morgan fingerprint density at radius 3 is 1.87 bits per heavy atom. The first-order valence-corrected chi connectivity index (χ1v) is 26.0. The molecule has 4 aromatic carbocycles. The van der Waals surface area contributed by atoms with Crippen LogP contribution in [-0.4, -0.2) is 85.7 Å². The largest absolute Gasteiger partial charge is 0.493 e. The van der Waals surface area contributed by atoms with Gasteiger partial charge in [-0.2, -0.15) is 0 Å². The number of nitrogens with one attached hydrogen (secondary N) is 3. The zero-order valence-corrected chi connectivity index (χ0v) is 41.3. The fourth-order valence-corrected chi connectivity index (χ4v) is 7.41. The monoisotopic (exact) mass is 996 g/mol. The summed E-state index contributed by atoms with van der Waals surface area (Å²) in [6, 6.07) is 29.6. The lowest BCUT2D eigenvalue weighted by Crippen LogP contribution is -2.09. The van der Waals surface area contributed by atoms with Crippen LogP contribution in [0.4, 0.5) is 34.4 Å². The van der Waals surface area contributed by atoms with Crippen LogP contribution in [0.1, 0.15) is 40.9 Å². The Bertz CT molecular complexity index is 2940. The minimum absolute atomic E-state index is 0.0325. The number of ketones is 1. The molecule has 0 saturated carbocycles. The summed E-state index contributed by atoms with van der Waals surface area (Å²) < 4.78 is 55.5. The van der Waals surface area contributed by atoms with Crippen LogP contribution in [0.15, 0.2) is 135 Å². The third kappa shape index (κ3) is 20.7. The van der Waals surface area contributed by atoms with Gasteiger partial charge in [-0.15, -0.1) is 0 Å². The first kappa shape index (κ1) is 54.5. The average Bonchev–Trinajstić information content (AvgIpc) is 3.30. The Morgan fingerprint density at radius 1 is 0.696 bits per heavy atom. The van der Waals surface area contributed by atoms with E-state index in [1.54, 1.807) is 36.7 Å². The molecule has 0 radical (unpaired) electrons. The number of aromatic nitrogens is 4. The van der Waals surface area contributed by atoms with Gasteiger partial charge in [0.25, 0.3) is 0 Å². The van der Waals surface area contributed by atoms with Gasteiger partial charge in [0.2, 0.25) is 11.2 Å². The molecule has 2 heterocycles. The van der Waals surface area contributed by atoms with E-state index in [1.807, 2.05) is 86.6 Å². The molecule has 364 valence electrons. The van der Waals surface area contributed by atoms with E-state index in [4.69, 9.17) is 31.8 Å². The first-order valence-electron chi connectivity index (χ1n) is 21.5. The maximum absolute atomic E-state index is 11.7. The molecule has 0 spiro atoms. The highest BCUT2D eigenvalue weighted by atomic mass is 35.5. The highest BCUT2D eigenvalue weighted by molar-refractivity contribution is 7.90. The number of allylic oxidation sites excluding steroid dienone is 1. The molecule has 19 heteroatoms. The summed E-state index contributed by atoms with van der Waals surface area (Å²) in [5.74, 6) is 3.16. The SMILES string of the molecule is C=CC(=O)Cc1cccc(Nc2nc(Cc3ccccc3OCCCS(C)(=O)=O)ncc2C)c1.C=CC(=O)Nc1cccc(Nc2nc(Cl)ncc2C)c1.CS(=O)(=O)CCCOc1ccccc1N. The number of aryl methyl sites for hydroxylation is 2. The molecule has 6 aromatic rings. The summed E-state index contributed by atoms with van der Waals surface area (Å²) in [5, 5.41) is 9.32. The van der Waals surface area contributed by atoms with Crippen molar-refractivity contribution in [2.75, 3.05) is 58.9 Å². The van der Waals surface area contributed by atoms with E-state index in [9.17, 15) is 26.4 Å². The number of hydrogen-bond donors (Lipinski definition) is 4. The van der Waals surface area contributed by atoms with Crippen molar-refractivity contribution in [1.29, 1.82) is 0 Å². The Labute approximate surface area is 409 Å². The van der Waals surface area contributed by atoms with Crippen molar-refractivity contribution in [3.8, 4) is 11.5 Å². The van der Waals surface area contributed by atoms with Crippen molar-refractivity contribution in [3.05, 3.63) is 168 Å². The fraction of sp³-hybridized carbons (Fsp3) is 0.240. The predicted octanol–water partition coefficient (Wildman–Crippen LogP) is 8.62. The number of nitrogen functional groups attached to an aromatic ring is 1. The number of carbonyl (C=O) groups is 2. The Kier molecular flexibility index (Phi) is 21.3. The first-order chi connectivity index (χ1) is 32.8. The third-order valence-electron chi connectivity index (χ3n) is 9.41. The van der Waals surface area contributed by atoms with Gasteiger partial charge in [0.05, 0.1) is 30.4 Å². The molecule has 0 bridgehead atoms. The van der Waals surface area contributed by atoms with E-state index < -0.39 is 19.7 Å². The number of nitrogens with zero attached hydrogens (tertiary/aromatic N) is 4. The van der Waals surface area contributed by atoms with Crippen LogP contribution in [0, 0.1) is 13.8 Å². The lowest BCUT2D eigenvalue weighted by molar-refractivity contribution is -0.114. The van der Waals surface area contributed by atoms with E-state index in [2.05, 4.69) is 44.1 Å². The number of nitrogens with two attached hydrogens (primary N) is 1. The molecule has 2 aromatic heterocycles. The standard InChI is InChI=1S/C26H29N3O4S.C14H13ClN4O.C10H15NO3S/c1-4-23(30)16-20-9-7-11-22(15-20)28-26-19(2)18-27-25(29-26)17-21-10-5-6-12-24(21)33-13-8-14-34(3,31)32;1-3-12(20)17-10-5-4-6-11(7-10)18-13-9(2)8-16-14(15)19-13;1-15(12,13)8-4-7-14-10-6-3-2-5-9(10)11/h4-7,9-12,15,18H,1,8,13-14,16-17H2,2-3H3,(H,27,28,29);3-8H,1H2,2H3,(H,17,20)(H,16,18,19);2-3,5-6H,4,7-8,11H2,1H3. The van der Waals surface area contributed by atoms with Crippen LogP contribution >= 0.6 is 11.6 Å². The van der Waals surface area contributed by atoms with Gasteiger partial charge >= 0.3 is 0 Å². The minimum atomic E-state index is -3.01. The predicted molar refractivity (Wildman–Crippen MR) is 275 cm³/mol. The summed E-state index contributed by atoms with van der Waals surface area (Å²) >= 11 is 5.77. The van der Waals surface area contributed by atoms with Crippen molar-refractivity contribution < 1.29 is 35.9 Å². The number of halogens is 1. The fourth-order valence-electron chi connectivity index (χ4n) is 5.99. The molecule has 0 saturated heterocycles. The maximum atomic E-state index is 11.7. The van der Waals surface area contributed by atoms with Crippen LogP contribution in [0.5, 0.6) is 11.5 Å². The second kappa shape index (κ2) is 27.0. The molecule has 5 N–H and O–H groups in total. The normalized spacial score (nSPS) is 10.8. The van der Waals surface area contributed by atoms with Crippen molar-refractivity contribution >= 4 is 77.4 Å². The minimum Gasteiger partial charge on any atom is -0.493 e. The summed E-state index contributed by atoms with van der Waals surface area (Å²) in [6.07, 6.45) is 10.1. The number of rotatable bonds is 21. The van der Waals surface area contributed by atoms with Crippen molar-refractivity contribution in [2.45, 2.75) is 39.5 Å². The molecule has 0 fully saturated rings. The van der Waals surface area contributed by atoms with Gasteiger partial charge in [-0.3, -0.25) is 9.59 Å². The van der Waals surface area contributed by atoms with Gasteiger partial charge < -0.3 is 31.2 Å². The Balaban J connectivity index is 0.000000250. The van der Waals surface area contributed by atoms with Crippen LogP contribution < -0.4 is 31.2 Å². The van der Waals surface area contributed by atoms with E-state index >= 15 is 0 Å². The van der Waals surface area contributed by atoms with Crippen LogP contribution in [0.25, 0.3) is 0 Å². The lowest BCUT2D eigenvalue weighted by Gasteiger charge is -2.13. The molecule has 69 heavy (non-hydrogen) atoms. The molecule has 0 unspecified atom stereocenters. The quantitative estimate of drug-likeness (QED) is 0.0229. The number of amides is 1. The van der Waals surface area contributed by atoms with E-state index in [-0.39, 0.29) is 28.5 Å². The third-order valence-corrected chi connectivity index (χ3v) is 11.7. The van der Waals surface area contributed by atoms with Gasteiger partial charge in [-0.1, -0.05) is 61.7 Å². The highest BCUT2D eigenvalue weighted by Gasteiger charge is 2.12. The zero-order chi connectivity index (χ0) is 50.4. The molecule has 0 aliphatic carbocycles. The second-order valence-corrected chi connectivity index (χ2v) is 20.4. The summed E-state index contributed by atoms with van der Waals surface area (Å²) in [4.78, 5) is 40.1. The van der Waals surface area contributed by atoms with Crippen molar-refractivity contribution in [1.82, 2.24) is 19.9 Å². The van der Waals surface area contributed by atoms with Crippen LogP contribution in [-0.2, 0) is 42.1 Å². The van der Waals surface area contributed by atoms with Crippen LogP contribution in [0.2, 0.25) is 5.28 Å².